The molecule has 1 atom stereocenters. The van der Waals surface area contributed by atoms with Crippen molar-refractivity contribution in [1.82, 2.24) is 5.32 Å². The minimum Gasteiger partial charge on any atom is -0.379 e. The summed E-state index contributed by atoms with van der Waals surface area (Å²) in [4.78, 5) is 22.6. The smallest absolute Gasteiger partial charge is 0.220 e. The highest BCUT2D eigenvalue weighted by atomic mass is 16.5. The number of carbonyl (C=O) groups excluding carboxylic acids is 2. The first kappa shape index (κ1) is 13.0. The summed E-state index contributed by atoms with van der Waals surface area (Å²) in [7, 11) is 0. The van der Waals surface area contributed by atoms with Crippen molar-refractivity contribution in [3.63, 3.8) is 0 Å². The Morgan fingerprint density at radius 1 is 1.50 bits per heavy atom. The summed E-state index contributed by atoms with van der Waals surface area (Å²) < 4.78 is 5.24. The summed E-state index contributed by atoms with van der Waals surface area (Å²) in [6.07, 6.45) is 3.15. The van der Waals surface area contributed by atoms with Crippen LogP contribution in [0.3, 0.4) is 0 Å². The van der Waals surface area contributed by atoms with Crippen LogP contribution in [0.15, 0.2) is 0 Å². The van der Waals surface area contributed by atoms with Crippen molar-refractivity contribution < 1.29 is 14.3 Å². The molecule has 16 heavy (non-hydrogen) atoms. The number of hydrogen-bond acceptors (Lipinski definition) is 3. The standard InChI is InChI=1S/C11H20N2O3/c1-2-3-4-10(15)13-11(7-9(12)14)5-6-16-8-11/h2-8H2,1H3,(H2,12,14)(H,13,15). The summed E-state index contributed by atoms with van der Waals surface area (Å²) in [6, 6.07) is 0. The van der Waals surface area contributed by atoms with E-state index in [1.165, 1.54) is 0 Å². The maximum Gasteiger partial charge on any atom is 0.220 e. The second-order valence-electron chi connectivity index (χ2n) is 4.38. The summed E-state index contributed by atoms with van der Waals surface area (Å²) in [5, 5.41) is 2.89. The van der Waals surface area contributed by atoms with E-state index >= 15 is 0 Å². The van der Waals surface area contributed by atoms with Crippen molar-refractivity contribution in [2.45, 2.75) is 44.6 Å². The Bertz CT molecular complexity index is 260. The van der Waals surface area contributed by atoms with Crippen LogP contribution in [0.2, 0.25) is 0 Å². The van der Waals surface area contributed by atoms with E-state index < -0.39 is 11.4 Å². The van der Waals surface area contributed by atoms with E-state index in [4.69, 9.17) is 10.5 Å². The van der Waals surface area contributed by atoms with Crippen LogP contribution >= 0.6 is 0 Å². The molecule has 0 spiro atoms. The fraction of sp³-hybridized carbons (Fsp3) is 0.818. The van der Waals surface area contributed by atoms with Crippen LogP contribution in [0, 0.1) is 0 Å². The van der Waals surface area contributed by atoms with Gasteiger partial charge in [-0.25, -0.2) is 0 Å². The molecular formula is C11H20N2O3. The average Bonchev–Trinajstić information content (AvgIpc) is 2.62. The molecule has 0 aromatic heterocycles. The molecule has 1 heterocycles. The van der Waals surface area contributed by atoms with Crippen molar-refractivity contribution in [1.29, 1.82) is 0 Å². The summed E-state index contributed by atoms with van der Waals surface area (Å²) in [6.45, 7) is 2.99. The molecule has 0 aliphatic carbocycles. The lowest BCUT2D eigenvalue weighted by Gasteiger charge is -2.27. The number of rotatable bonds is 6. The van der Waals surface area contributed by atoms with Crippen LogP contribution in [-0.4, -0.2) is 30.6 Å². The molecule has 2 amide bonds. The van der Waals surface area contributed by atoms with Crippen molar-refractivity contribution in [2.24, 2.45) is 5.73 Å². The van der Waals surface area contributed by atoms with Gasteiger partial charge in [0, 0.05) is 13.0 Å². The van der Waals surface area contributed by atoms with E-state index in [-0.39, 0.29) is 12.3 Å². The van der Waals surface area contributed by atoms with Gasteiger partial charge in [0.2, 0.25) is 11.8 Å². The fourth-order valence-electron chi connectivity index (χ4n) is 1.92. The minimum atomic E-state index is -0.559. The lowest BCUT2D eigenvalue weighted by atomic mass is 9.93. The maximum atomic E-state index is 11.6. The summed E-state index contributed by atoms with van der Waals surface area (Å²) >= 11 is 0. The van der Waals surface area contributed by atoms with Gasteiger partial charge in [0.1, 0.15) is 0 Å². The Kier molecular flexibility index (Phi) is 4.73. The highest BCUT2D eigenvalue weighted by molar-refractivity contribution is 5.80. The van der Waals surface area contributed by atoms with Crippen molar-refractivity contribution >= 4 is 11.8 Å². The lowest BCUT2D eigenvalue weighted by Crippen LogP contribution is -2.51. The van der Waals surface area contributed by atoms with Gasteiger partial charge in [0.05, 0.1) is 18.6 Å². The van der Waals surface area contributed by atoms with Gasteiger partial charge in [-0.15, -0.1) is 0 Å². The molecule has 1 unspecified atom stereocenters. The largest absolute Gasteiger partial charge is 0.379 e. The maximum absolute atomic E-state index is 11.6. The zero-order chi connectivity index (χ0) is 12.0. The van der Waals surface area contributed by atoms with Crippen LogP contribution in [0.1, 0.15) is 39.0 Å². The molecule has 3 N–H and O–H groups in total. The molecule has 0 bridgehead atoms. The quantitative estimate of drug-likeness (QED) is 0.687. The molecule has 92 valence electrons. The molecule has 1 fully saturated rings. The zero-order valence-corrected chi connectivity index (χ0v) is 9.75. The third kappa shape index (κ3) is 3.81. The second-order valence-corrected chi connectivity index (χ2v) is 4.38. The topological polar surface area (TPSA) is 81.4 Å². The predicted octanol–water partition coefficient (Wildman–Crippen LogP) is 0.327. The minimum absolute atomic E-state index is 0.0198. The van der Waals surface area contributed by atoms with Gasteiger partial charge in [-0.3, -0.25) is 9.59 Å². The second kappa shape index (κ2) is 5.84. The number of amides is 2. The number of nitrogens with two attached hydrogens (primary N) is 1. The number of ether oxygens (including phenoxy) is 1. The van der Waals surface area contributed by atoms with Gasteiger partial charge < -0.3 is 15.8 Å². The predicted molar refractivity (Wildman–Crippen MR) is 59.6 cm³/mol. The summed E-state index contributed by atoms with van der Waals surface area (Å²) in [5.41, 5.74) is 4.63. The van der Waals surface area contributed by atoms with Gasteiger partial charge >= 0.3 is 0 Å². The SMILES string of the molecule is CCCCC(=O)NC1(CC(N)=O)CCOC1. The Hall–Kier alpha value is -1.10. The normalized spacial score (nSPS) is 24.3. The molecule has 1 saturated heterocycles. The van der Waals surface area contributed by atoms with Gasteiger partial charge in [-0.2, -0.15) is 0 Å². The molecule has 0 aromatic carbocycles. The van der Waals surface area contributed by atoms with Crippen LogP contribution in [-0.2, 0) is 14.3 Å². The molecule has 5 heteroatoms. The van der Waals surface area contributed by atoms with Crippen molar-refractivity contribution in [2.75, 3.05) is 13.2 Å². The van der Waals surface area contributed by atoms with Gasteiger partial charge in [0.25, 0.3) is 0 Å². The Morgan fingerprint density at radius 2 is 2.25 bits per heavy atom. The Balaban J connectivity index is 2.50. The fourth-order valence-corrected chi connectivity index (χ4v) is 1.92. The number of nitrogens with one attached hydrogen (secondary N) is 1. The lowest BCUT2D eigenvalue weighted by molar-refractivity contribution is -0.124. The number of unbranched alkanes of at least 4 members (excludes halogenated alkanes) is 1. The van der Waals surface area contributed by atoms with E-state index in [1.54, 1.807) is 0 Å². The monoisotopic (exact) mass is 228 g/mol. The zero-order valence-electron chi connectivity index (χ0n) is 9.75. The first-order valence-corrected chi connectivity index (χ1v) is 5.75. The van der Waals surface area contributed by atoms with E-state index in [9.17, 15) is 9.59 Å². The van der Waals surface area contributed by atoms with E-state index in [1.807, 2.05) is 6.92 Å². The van der Waals surface area contributed by atoms with Crippen LogP contribution in [0.4, 0.5) is 0 Å². The third-order valence-electron chi connectivity index (χ3n) is 2.78. The first-order chi connectivity index (χ1) is 7.58. The number of primary amides is 1. The third-order valence-corrected chi connectivity index (χ3v) is 2.78. The number of hydrogen-bond donors (Lipinski definition) is 2. The highest BCUT2D eigenvalue weighted by Crippen LogP contribution is 2.22. The highest BCUT2D eigenvalue weighted by Gasteiger charge is 2.37. The summed E-state index contributed by atoms with van der Waals surface area (Å²) in [5.74, 6) is -0.421. The average molecular weight is 228 g/mol. The number of carbonyl (C=O) groups is 2. The molecule has 1 aliphatic rings. The molecule has 5 nitrogen and oxygen atoms in total. The van der Waals surface area contributed by atoms with Crippen LogP contribution in [0.25, 0.3) is 0 Å². The first-order valence-electron chi connectivity index (χ1n) is 5.75. The van der Waals surface area contributed by atoms with Gasteiger partial charge in [-0.1, -0.05) is 13.3 Å². The Morgan fingerprint density at radius 3 is 2.75 bits per heavy atom. The van der Waals surface area contributed by atoms with E-state index in [0.29, 0.717) is 26.1 Å². The molecule has 1 rings (SSSR count). The Labute approximate surface area is 95.7 Å². The molecule has 0 aromatic rings. The van der Waals surface area contributed by atoms with Crippen molar-refractivity contribution in [3.05, 3.63) is 0 Å². The molecule has 0 radical (unpaired) electrons. The van der Waals surface area contributed by atoms with Crippen LogP contribution < -0.4 is 11.1 Å². The molecule has 1 aliphatic heterocycles. The molecule has 0 saturated carbocycles. The molecular weight excluding hydrogens is 208 g/mol. The van der Waals surface area contributed by atoms with E-state index in [2.05, 4.69) is 5.32 Å². The van der Waals surface area contributed by atoms with Crippen molar-refractivity contribution in [3.8, 4) is 0 Å². The van der Waals surface area contributed by atoms with E-state index in [0.717, 1.165) is 12.8 Å². The van der Waals surface area contributed by atoms with Gasteiger partial charge in [0.15, 0.2) is 0 Å². The van der Waals surface area contributed by atoms with Gasteiger partial charge in [-0.05, 0) is 12.8 Å². The van der Waals surface area contributed by atoms with Crippen LogP contribution in [0.5, 0.6) is 0 Å².